The second kappa shape index (κ2) is 12.6. The largest absolute Gasteiger partial charge is 0.449 e. The van der Waals surface area contributed by atoms with Crippen LogP contribution in [0.4, 0.5) is 0 Å². The number of ether oxygens (including phenoxy) is 2. The van der Waals surface area contributed by atoms with Crippen LogP contribution in [-0.2, 0) is 0 Å². The van der Waals surface area contributed by atoms with Gasteiger partial charge in [0.15, 0.2) is 28.8 Å². The van der Waals surface area contributed by atoms with E-state index in [9.17, 15) is 0 Å². The second-order valence-corrected chi connectivity index (χ2v) is 13.8. The Labute approximate surface area is 317 Å². The number of hydrogen-bond donors (Lipinski definition) is 0. The Bertz CT molecular complexity index is 3040. The van der Waals surface area contributed by atoms with Crippen LogP contribution >= 0.6 is 0 Å². The lowest BCUT2D eigenvalue weighted by molar-refractivity contribution is 0.362. The van der Waals surface area contributed by atoms with E-state index in [4.69, 9.17) is 19.4 Å². The molecule has 55 heavy (non-hydrogen) atoms. The van der Waals surface area contributed by atoms with Gasteiger partial charge < -0.3 is 14.0 Å². The van der Waals surface area contributed by atoms with Gasteiger partial charge in [-0.2, -0.15) is 0 Å². The standard InChI is InChI=1S/C50H31N3O2/c1-3-13-32(14-4-1)42-31-43(52-50(51-42)33-15-5-2-6-16-33)38-21-11-19-34(27-38)35-20-12-22-39(28-35)53-44-30-37-18-8-7-17-36(37)29-41(44)40-25-26-47-49(48(40)53)55-46-24-10-9-23-45(46)54-47/h1-31H. The first-order valence-electron chi connectivity index (χ1n) is 18.4. The Kier molecular flexibility index (Phi) is 7.10. The summed E-state index contributed by atoms with van der Waals surface area (Å²) in [5.74, 6) is 3.50. The Morgan fingerprint density at radius 1 is 0.382 bits per heavy atom. The number of para-hydroxylation sites is 2. The van der Waals surface area contributed by atoms with Crippen LogP contribution in [0, 0.1) is 0 Å². The highest BCUT2D eigenvalue weighted by molar-refractivity contribution is 6.15. The maximum atomic E-state index is 6.68. The monoisotopic (exact) mass is 705 g/mol. The molecule has 1 aliphatic heterocycles. The molecule has 0 aliphatic carbocycles. The van der Waals surface area contributed by atoms with Crippen LogP contribution in [0.2, 0.25) is 0 Å². The summed E-state index contributed by atoms with van der Waals surface area (Å²) in [7, 11) is 0. The van der Waals surface area contributed by atoms with E-state index >= 15 is 0 Å². The van der Waals surface area contributed by atoms with Gasteiger partial charge in [-0.1, -0.05) is 127 Å². The molecule has 5 nitrogen and oxygen atoms in total. The van der Waals surface area contributed by atoms with E-state index in [1.807, 2.05) is 66.7 Å². The van der Waals surface area contributed by atoms with Gasteiger partial charge in [-0.3, -0.25) is 0 Å². The van der Waals surface area contributed by atoms with E-state index in [2.05, 4.69) is 126 Å². The summed E-state index contributed by atoms with van der Waals surface area (Å²) in [6, 6.07) is 65.0. The molecule has 3 heterocycles. The quantitative estimate of drug-likeness (QED) is 0.179. The number of benzene rings is 8. The molecule has 0 saturated carbocycles. The predicted molar refractivity (Wildman–Crippen MR) is 222 cm³/mol. The molecule has 2 aromatic heterocycles. The highest BCUT2D eigenvalue weighted by atomic mass is 16.6. The predicted octanol–water partition coefficient (Wildman–Crippen LogP) is 13.3. The summed E-state index contributed by atoms with van der Waals surface area (Å²) < 4.78 is 15.4. The van der Waals surface area contributed by atoms with Gasteiger partial charge in [-0.05, 0) is 82.6 Å². The summed E-state index contributed by atoms with van der Waals surface area (Å²) in [6.07, 6.45) is 0. The summed E-state index contributed by atoms with van der Waals surface area (Å²) in [5.41, 5.74) is 10.0. The molecule has 11 rings (SSSR count). The maximum Gasteiger partial charge on any atom is 0.194 e. The topological polar surface area (TPSA) is 49.2 Å². The van der Waals surface area contributed by atoms with Gasteiger partial charge in [-0.15, -0.1) is 0 Å². The van der Waals surface area contributed by atoms with Crippen molar-refractivity contribution in [1.82, 2.24) is 14.5 Å². The highest BCUT2D eigenvalue weighted by Crippen LogP contribution is 2.51. The fraction of sp³-hybridized carbons (Fsp3) is 0. The van der Waals surface area contributed by atoms with Gasteiger partial charge in [0.1, 0.15) is 5.52 Å². The molecule has 0 N–H and O–H groups in total. The van der Waals surface area contributed by atoms with Gasteiger partial charge in [-0.25, -0.2) is 9.97 Å². The summed E-state index contributed by atoms with van der Waals surface area (Å²) in [6.45, 7) is 0. The number of nitrogens with zero attached hydrogens (tertiary/aromatic N) is 3. The Morgan fingerprint density at radius 2 is 0.982 bits per heavy atom. The summed E-state index contributed by atoms with van der Waals surface area (Å²) in [5, 5.41) is 4.62. The normalized spacial score (nSPS) is 11.9. The molecular weight excluding hydrogens is 675 g/mol. The fourth-order valence-electron chi connectivity index (χ4n) is 7.79. The molecule has 0 bridgehead atoms. The van der Waals surface area contributed by atoms with Crippen molar-refractivity contribution in [3.05, 3.63) is 188 Å². The number of hydrogen-bond acceptors (Lipinski definition) is 4. The van der Waals surface area contributed by atoms with Crippen molar-refractivity contribution in [1.29, 1.82) is 0 Å². The average molecular weight is 706 g/mol. The van der Waals surface area contributed by atoms with Crippen molar-refractivity contribution in [2.75, 3.05) is 0 Å². The lowest BCUT2D eigenvalue weighted by Crippen LogP contribution is -2.02. The van der Waals surface area contributed by atoms with Crippen LogP contribution in [0.25, 0.3) is 83.3 Å². The van der Waals surface area contributed by atoms with Crippen molar-refractivity contribution in [2.45, 2.75) is 0 Å². The number of aromatic nitrogens is 3. The van der Waals surface area contributed by atoms with Crippen LogP contribution in [0.5, 0.6) is 23.0 Å². The molecule has 10 aromatic rings. The molecule has 258 valence electrons. The van der Waals surface area contributed by atoms with Crippen LogP contribution in [0.1, 0.15) is 0 Å². The third-order valence-electron chi connectivity index (χ3n) is 10.4. The zero-order valence-corrected chi connectivity index (χ0v) is 29.6. The molecule has 0 unspecified atom stereocenters. The molecule has 0 atom stereocenters. The second-order valence-electron chi connectivity index (χ2n) is 13.8. The van der Waals surface area contributed by atoms with Crippen molar-refractivity contribution in [3.8, 4) is 73.7 Å². The Morgan fingerprint density at radius 3 is 1.76 bits per heavy atom. The van der Waals surface area contributed by atoms with Crippen LogP contribution in [0.15, 0.2) is 188 Å². The van der Waals surface area contributed by atoms with E-state index < -0.39 is 0 Å². The van der Waals surface area contributed by atoms with Crippen molar-refractivity contribution < 1.29 is 9.47 Å². The third kappa shape index (κ3) is 5.33. The van der Waals surface area contributed by atoms with Crippen molar-refractivity contribution in [2.24, 2.45) is 0 Å². The first-order valence-corrected chi connectivity index (χ1v) is 18.4. The molecule has 0 spiro atoms. The van der Waals surface area contributed by atoms with E-state index in [-0.39, 0.29) is 0 Å². The molecule has 0 fully saturated rings. The molecule has 0 radical (unpaired) electrons. The van der Waals surface area contributed by atoms with Crippen LogP contribution < -0.4 is 9.47 Å². The third-order valence-corrected chi connectivity index (χ3v) is 10.4. The molecular formula is C50H31N3O2. The van der Waals surface area contributed by atoms with Gasteiger partial charge in [0.2, 0.25) is 0 Å². The van der Waals surface area contributed by atoms with E-state index in [0.717, 1.165) is 66.7 Å². The average Bonchev–Trinajstić information content (AvgIpc) is 3.59. The highest BCUT2D eigenvalue weighted by Gasteiger charge is 2.26. The van der Waals surface area contributed by atoms with Crippen LogP contribution in [0.3, 0.4) is 0 Å². The minimum atomic E-state index is 0.693. The molecule has 5 heteroatoms. The SMILES string of the molecule is c1ccc(-c2cc(-c3cccc(-c4cccc(-n5c6cc7ccccc7cc6c6ccc7c(c65)Oc5ccccc5O7)c4)c3)nc(-c3ccccc3)n2)cc1. The van der Waals surface area contributed by atoms with Gasteiger partial charge >= 0.3 is 0 Å². The van der Waals surface area contributed by atoms with E-state index in [0.29, 0.717) is 28.8 Å². The van der Waals surface area contributed by atoms with Gasteiger partial charge in [0.05, 0.1) is 16.9 Å². The van der Waals surface area contributed by atoms with Crippen molar-refractivity contribution >= 4 is 32.6 Å². The first-order chi connectivity index (χ1) is 27.2. The molecule has 8 aromatic carbocycles. The minimum absolute atomic E-state index is 0.693. The fourth-order valence-corrected chi connectivity index (χ4v) is 7.79. The summed E-state index contributed by atoms with van der Waals surface area (Å²) in [4.78, 5) is 10.1. The zero-order chi connectivity index (χ0) is 36.3. The zero-order valence-electron chi connectivity index (χ0n) is 29.6. The lowest BCUT2D eigenvalue weighted by atomic mass is 10.00. The molecule has 0 saturated heterocycles. The number of fused-ring (bicyclic) bond motifs is 7. The first kappa shape index (κ1) is 31.1. The lowest BCUT2D eigenvalue weighted by Gasteiger charge is -2.22. The van der Waals surface area contributed by atoms with E-state index in [1.54, 1.807) is 0 Å². The van der Waals surface area contributed by atoms with Gasteiger partial charge in [0.25, 0.3) is 0 Å². The Hall–Kier alpha value is -7.50. The summed E-state index contributed by atoms with van der Waals surface area (Å²) >= 11 is 0. The number of rotatable bonds is 5. The Balaban J connectivity index is 1.08. The van der Waals surface area contributed by atoms with Gasteiger partial charge in [0, 0.05) is 33.2 Å². The molecule has 0 amide bonds. The van der Waals surface area contributed by atoms with E-state index in [1.165, 1.54) is 10.8 Å². The minimum Gasteiger partial charge on any atom is -0.449 e. The van der Waals surface area contributed by atoms with Crippen molar-refractivity contribution in [3.63, 3.8) is 0 Å². The van der Waals surface area contributed by atoms with Crippen LogP contribution in [-0.4, -0.2) is 14.5 Å². The smallest absolute Gasteiger partial charge is 0.194 e. The maximum absolute atomic E-state index is 6.68. The molecule has 1 aliphatic rings.